The van der Waals surface area contributed by atoms with E-state index in [1.807, 2.05) is 79.5 Å². The summed E-state index contributed by atoms with van der Waals surface area (Å²) in [5, 5.41) is 6.22. The molecule has 0 bridgehead atoms. The van der Waals surface area contributed by atoms with Crippen LogP contribution in [0, 0.1) is 6.92 Å². The molecule has 0 heterocycles. The van der Waals surface area contributed by atoms with Crippen molar-refractivity contribution < 1.29 is 9.59 Å². The number of amides is 2. The molecule has 38 heavy (non-hydrogen) atoms. The molecule has 3 aromatic rings. The quantitative estimate of drug-likeness (QED) is 0.224. The molecule has 6 heteroatoms. The predicted molar refractivity (Wildman–Crippen MR) is 156 cm³/mol. The molecule has 4 N–H and O–H groups in total. The van der Waals surface area contributed by atoms with Crippen LogP contribution in [0.25, 0.3) is 6.08 Å². The fourth-order valence-corrected chi connectivity index (χ4v) is 4.38. The van der Waals surface area contributed by atoms with Crippen molar-refractivity contribution in [2.45, 2.75) is 31.7 Å². The lowest BCUT2D eigenvalue weighted by atomic mass is 9.90. The van der Waals surface area contributed by atoms with E-state index in [1.165, 1.54) is 22.8 Å². The zero-order valence-electron chi connectivity index (χ0n) is 22.5. The average Bonchev–Trinajstić information content (AvgIpc) is 2.95. The van der Waals surface area contributed by atoms with E-state index in [9.17, 15) is 9.59 Å². The van der Waals surface area contributed by atoms with E-state index in [0.29, 0.717) is 32.6 Å². The molecule has 0 aromatic heterocycles. The standard InChI is InChI=1S/C32H40N4O2/c1-25-15-17-26(18-16-25)19-20-31(37)35-23-22-34-30(14-9-21-33)32(38)36(2)24-29(27-10-5-3-6-11-27)28-12-7-4-8-13-28/h3-8,10-13,15-20,29-30,34H,9,14,21-24,33H2,1-2H3,(H,35,37)/b20-19+/t30-/m0/s1. The van der Waals surface area contributed by atoms with Crippen molar-refractivity contribution in [3.8, 4) is 0 Å². The molecule has 0 saturated carbocycles. The molecular formula is C32H40N4O2. The predicted octanol–water partition coefficient (Wildman–Crippen LogP) is 4.11. The third-order valence-electron chi connectivity index (χ3n) is 6.55. The molecular weight excluding hydrogens is 472 g/mol. The topological polar surface area (TPSA) is 87.5 Å². The zero-order chi connectivity index (χ0) is 27.2. The number of nitrogens with two attached hydrogens (primary N) is 1. The molecule has 0 aliphatic carbocycles. The minimum Gasteiger partial charge on any atom is -0.351 e. The summed E-state index contributed by atoms with van der Waals surface area (Å²) in [5.74, 6) is -0.0649. The Kier molecular flexibility index (Phi) is 11.8. The maximum Gasteiger partial charge on any atom is 0.244 e. The highest BCUT2D eigenvalue weighted by atomic mass is 16.2. The first kappa shape index (κ1) is 28.8. The second-order valence-electron chi connectivity index (χ2n) is 9.57. The molecule has 3 aromatic carbocycles. The van der Waals surface area contributed by atoms with Gasteiger partial charge in [-0.2, -0.15) is 0 Å². The number of nitrogens with zero attached hydrogens (tertiary/aromatic N) is 1. The number of benzene rings is 3. The third kappa shape index (κ3) is 9.29. The van der Waals surface area contributed by atoms with Crippen LogP contribution in [0.2, 0.25) is 0 Å². The fourth-order valence-electron chi connectivity index (χ4n) is 4.38. The van der Waals surface area contributed by atoms with Crippen LogP contribution >= 0.6 is 0 Å². The largest absolute Gasteiger partial charge is 0.351 e. The Hall–Kier alpha value is -3.74. The molecule has 200 valence electrons. The maximum absolute atomic E-state index is 13.5. The van der Waals surface area contributed by atoms with E-state index in [1.54, 1.807) is 6.08 Å². The van der Waals surface area contributed by atoms with Crippen LogP contribution in [-0.2, 0) is 9.59 Å². The fraction of sp³-hybridized carbons (Fsp3) is 0.312. The number of rotatable bonds is 14. The maximum atomic E-state index is 13.5. The van der Waals surface area contributed by atoms with Crippen LogP contribution in [0.1, 0.15) is 41.0 Å². The highest BCUT2D eigenvalue weighted by molar-refractivity contribution is 5.91. The molecule has 0 radical (unpaired) electrons. The van der Waals surface area contributed by atoms with E-state index in [4.69, 9.17) is 5.73 Å². The first-order valence-electron chi connectivity index (χ1n) is 13.3. The van der Waals surface area contributed by atoms with Gasteiger partial charge in [0.05, 0.1) is 6.04 Å². The van der Waals surface area contributed by atoms with Gasteiger partial charge in [0.25, 0.3) is 0 Å². The molecule has 0 aliphatic rings. The van der Waals surface area contributed by atoms with Crippen LogP contribution < -0.4 is 16.4 Å². The lowest BCUT2D eigenvalue weighted by molar-refractivity contribution is -0.132. The van der Waals surface area contributed by atoms with E-state index in [-0.39, 0.29) is 23.8 Å². The lowest BCUT2D eigenvalue weighted by Gasteiger charge is -2.29. The minimum absolute atomic E-state index is 0.0286. The Morgan fingerprint density at radius 1 is 0.895 bits per heavy atom. The van der Waals surface area contributed by atoms with Gasteiger partial charge in [0, 0.05) is 38.7 Å². The van der Waals surface area contributed by atoms with Crippen LogP contribution in [0.4, 0.5) is 0 Å². The van der Waals surface area contributed by atoms with Crippen molar-refractivity contribution in [3.05, 3.63) is 113 Å². The van der Waals surface area contributed by atoms with Gasteiger partial charge in [-0.1, -0.05) is 90.5 Å². The molecule has 3 rings (SSSR count). The first-order chi connectivity index (χ1) is 18.5. The van der Waals surface area contributed by atoms with E-state index >= 15 is 0 Å². The van der Waals surface area contributed by atoms with Gasteiger partial charge in [-0.05, 0) is 49.1 Å². The summed E-state index contributed by atoms with van der Waals surface area (Å²) in [7, 11) is 1.86. The van der Waals surface area contributed by atoms with Crippen molar-refractivity contribution >= 4 is 17.9 Å². The summed E-state index contributed by atoms with van der Waals surface area (Å²) in [5.41, 5.74) is 10.3. The van der Waals surface area contributed by atoms with Crippen molar-refractivity contribution in [2.24, 2.45) is 5.73 Å². The van der Waals surface area contributed by atoms with Crippen molar-refractivity contribution in [1.82, 2.24) is 15.5 Å². The van der Waals surface area contributed by atoms with E-state index < -0.39 is 0 Å². The van der Waals surface area contributed by atoms with Crippen molar-refractivity contribution in [2.75, 3.05) is 33.2 Å². The normalized spacial score (nSPS) is 12.0. The Morgan fingerprint density at radius 2 is 1.50 bits per heavy atom. The smallest absolute Gasteiger partial charge is 0.244 e. The molecule has 0 unspecified atom stereocenters. The number of hydrogen-bond donors (Lipinski definition) is 3. The molecule has 1 atom stereocenters. The highest BCUT2D eigenvalue weighted by Gasteiger charge is 2.24. The lowest BCUT2D eigenvalue weighted by Crippen LogP contribution is -2.48. The number of likely N-dealkylation sites (N-methyl/N-ethyl adjacent to an activating group) is 1. The Bertz CT molecular complexity index is 1110. The van der Waals surface area contributed by atoms with Crippen LogP contribution in [-0.4, -0.2) is 56.0 Å². The SMILES string of the molecule is Cc1ccc(/C=C/C(=O)NCCN[C@@H](CCCN)C(=O)N(C)CC(c2ccccc2)c2ccccc2)cc1. The van der Waals surface area contributed by atoms with Gasteiger partial charge in [0.1, 0.15) is 0 Å². The highest BCUT2D eigenvalue weighted by Crippen LogP contribution is 2.25. The minimum atomic E-state index is -0.365. The van der Waals surface area contributed by atoms with Crippen LogP contribution in [0.15, 0.2) is 91.0 Å². The number of hydrogen-bond acceptors (Lipinski definition) is 4. The van der Waals surface area contributed by atoms with Gasteiger partial charge in [-0.25, -0.2) is 0 Å². The summed E-state index contributed by atoms with van der Waals surface area (Å²) in [6, 6.07) is 28.2. The first-order valence-corrected chi connectivity index (χ1v) is 13.3. The Morgan fingerprint density at radius 3 is 2.08 bits per heavy atom. The zero-order valence-corrected chi connectivity index (χ0v) is 22.5. The summed E-state index contributed by atoms with van der Waals surface area (Å²) in [6.07, 6.45) is 4.70. The van der Waals surface area contributed by atoms with E-state index in [2.05, 4.69) is 34.9 Å². The summed E-state index contributed by atoms with van der Waals surface area (Å²) in [6.45, 7) is 4.02. The number of carbonyl (C=O) groups excluding carboxylic acids is 2. The molecule has 0 spiro atoms. The molecule has 2 amide bonds. The van der Waals surface area contributed by atoms with Gasteiger partial charge in [0.15, 0.2) is 0 Å². The second kappa shape index (κ2) is 15.5. The summed E-state index contributed by atoms with van der Waals surface area (Å²) < 4.78 is 0. The van der Waals surface area contributed by atoms with Crippen molar-refractivity contribution in [1.29, 1.82) is 0 Å². The summed E-state index contributed by atoms with van der Waals surface area (Å²) in [4.78, 5) is 27.5. The van der Waals surface area contributed by atoms with Crippen molar-refractivity contribution in [3.63, 3.8) is 0 Å². The Balaban J connectivity index is 1.56. The van der Waals surface area contributed by atoms with Gasteiger partial charge >= 0.3 is 0 Å². The molecule has 0 fully saturated rings. The third-order valence-corrected chi connectivity index (χ3v) is 6.55. The number of nitrogens with one attached hydrogen (secondary N) is 2. The van der Waals surface area contributed by atoms with Gasteiger partial charge in [-0.15, -0.1) is 0 Å². The van der Waals surface area contributed by atoms with Gasteiger partial charge < -0.3 is 21.3 Å². The van der Waals surface area contributed by atoms with Gasteiger partial charge in [-0.3, -0.25) is 9.59 Å². The number of aryl methyl sites for hydroxylation is 1. The van der Waals surface area contributed by atoms with Crippen LogP contribution in [0.3, 0.4) is 0 Å². The monoisotopic (exact) mass is 512 g/mol. The Labute approximate surface area is 226 Å². The molecule has 0 saturated heterocycles. The van der Waals surface area contributed by atoms with Crippen LogP contribution in [0.5, 0.6) is 0 Å². The molecule has 6 nitrogen and oxygen atoms in total. The summed E-state index contributed by atoms with van der Waals surface area (Å²) >= 11 is 0. The number of carbonyl (C=O) groups is 2. The second-order valence-corrected chi connectivity index (χ2v) is 9.57. The van der Waals surface area contributed by atoms with Gasteiger partial charge in [0.2, 0.25) is 11.8 Å². The molecule has 0 aliphatic heterocycles. The van der Waals surface area contributed by atoms with E-state index in [0.717, 1.165) is 12.0 Å². The average molecular weight is 513 g/mol.